The van der Waals surface area contributed by atoms with Crippen LogP contribution in [0.3, 0.4) is 0 Å². The molecule has 4 atom stereocenters. The van der Waals surface area contributed by atoms with Gasteiger partial charge in [-0.1, -0.05) is 43.3 Å². The highest BCUT2D eigenvalue weighted by Gasteiger charge is 2.31. The number of hydrogen-bond acceptors (Lipinski definition) is 7. The summed E-state index contributed by atoms with van der Waals surface area (Å²) in [6.07, 6.45) is 1.45. The number of aliphatic hydroxyl groups is 1. The number of carbonyl (C=O) groups is 2. The van der Waals surface area contributed by atoms with Gasteiger partial charge in [-0.3, -0.25) is 9.52 Å². The van der Waals surface area contributed by atoms with Crippen molar-refractivity contribution in [3.8, 4) is 5.75 Å². The summed E-state index contributed by atoms with van der Waals surface area (Å²) in [7, 11) is -2.41. The first-order chi connectivity index (χ1) is 24.9. The summed E-state index contributed by atoms with van der Waals surface area (Å²) in [5, 5.41) is 15.2. The number of halogens is 1. The average Bonchev–Trinajstić information content (AvgIpc) is 3.12. The molecule has 1 heterocycles. The molecule has 5 rings (SSSR count). The Balaban J connectivity index is 1.40. The van der Waals surface area contributed by atoms with E-state index >= 15 is 0 Å². The lowest BCUT2D eigenvalue weighted by atomic mass is 10.0. The molecule has 52 heavy (non-hydrogen) atoms. The Kier molecular flexibility index (Phi) is 12.7. The summed E-state index contributed by atoms with van der Waals surface area (Å²) in [5.74, 6) is -1.06. The molecule has 13 heteroatoms. The Bertz CT molecular complexity index is 1950. The Morgan fingerprint density at radius 1 is 1.04 bits per heavy atom. The summed E-state index contributed by atoms with van der Waals surface area (Å²) >= 11 is 0. The number of anilines is 2. The number of amides is 3. The van der Waals surface area contributed by atoms with E-state index in [1.54, 1.807) is 24.9 Å². The average molecular weight is 735 g/mol. The molecule has 4 aromatic carbocycles. The van der Waals surface area contributed by atoms with E-state index in [2.05, 4.69) is 10.0 Å². The van der Waals surface area contributed by atoms with Crippen molar-refractivity contribution in [1.82, 2.24) is 9.80 Å². The molecule has 0 spiro atoms. The molecule has 4 aromatic rings. The molecule has 0 aromatic heterocycles. The third-order valence-electron chi connectivity index (χ3n) is 9.26. The number of nitrogens with one attached hydrogen (secondary N) is 2. The first-order valence-electron chi connectivity index (χ1n) is 17.5. The molecule has 0 aliphatic carbocycles. The maximum absolute atomic E-state index is 14.4. The fourth-order valence-corrected chi connectivity index (χ4v) is 7.22. The number of rotatable bonds is 8. The lowest BCUT2D eigenvalue weighted by Gasteiger charge is -2.35. The Labute approximate surface area is 304 Å². The third-order valence-corrected chi connectivity index (χ3v) is 10.7. The maximum Gasteiger partial charge on any atom is 0.321 e. The number of sulfonamides is 1. The third kappa shape index (κ3) is 9.58. The maximum atomic E-state index is 14.4. The highest BCUT2D eigenvalue weighted by Crippen LogP contribution is 2.30. The summed E-state index contributed by atoms with van der Waals surface area (Å²) in [6.45, 7) is 6.05. The normalized spacial score (nSPS) is 19.5. The van der Waals surface area contributed by atoms with Crippen LogP contribution in [-0.2, 0) is 14.8 Å². The second-order valence-corrected chi connectivity index (χ2v) is 15.1. The van der Waals surface area contributed by atoms with Crippen molar-refractivity contribution in [3.05, 3.63) is 96.3 Å². The molecule has 0 radical (unpaired) electrons. The lowest BCUT2D eigenvalue weighted by Crippen LogP contribution is -2.48. The van der Waals surface area contributed by atoms with E-state index in [1.165, 1.54) is 17.0 Å². The molecule has 0 bridgehead atoms. The number of nitrogens with zero attached hydrogens (tertiary/aromatic N) is 2. The number of ether oxygens (including phenoxy) is 2. The predicted molar refractivity (Wildman–Crippen MR) is 200 cm³/mol. The van der Waals surface area contributed by atoms with Gasteiger partial charge >= 0.3 is 6.03 Å². The van der Waals surface area contributed by atoms with Crippen molar-refractivity contribution in [1.29, 1.82) is 0 Å². The number of fused-ring (bicyclic) bond motifs is 2. The zero-order valence-electron chi connectivity index (χ0n) is 29.9. The van der Waals surface area contributed by atoms with E-state index in [-0.39, 0.29) is 59.6 Å². The molecular formula is C39H47FN4O7S. The summed E-state index contributed by atoms with van der Waals surface area (Å²) in [6, 6.07) is 21.5. The fourth-order valence-electron chi connectivity index (χ4n) is 6.17. The van der Waals surface area contributed by atoms with Crippen LogP contribution in [0.4, 0.5) is 20.6 Å². The van der Waals surface area contributed by atoms with Crippen LogP contribution >= 0.6 is 0 Å². The molecule has 0 saturated carbocycles. The minimum absolute atomic E-state index is 0.110. The number of hydrogen-bond donors (Lipinski definition) is 3. The molecule has 1 aliphatic heterocycles. The number of urea groups is 1. The van der Waals surface area contributed by atoms with Crippen LogP contribution in [0.2, 0.25) is 0 Å². The van der Waals surface area contributed by atoms with Gasteiger partial charge in [0.2, 0.25) is 0 Å². The van der Waals surface area contributed by atoms with Crippen LogP contribution in [0.1, 0.15) is 50.4 Å². The van der Waals surface area contributed by atoms with Gasteiger partial charge in [-0.25, -0.2) is 17.6 Å². The van der Waals surface area contributed by atoms with Gasteiger partial charge in [0.15, 0.2) is 0 Å². The largest absolute Gasteiger partial charge is 0.490 e. The van der Waals surface area contributed by atoms with E-state index in [4.69, 9.17) is 9.47 Å². The monoisotopic (exact) mass is 734 g/mol. The second-order valence-electron chi connectivity index (χ2n) is 13.4. The number of carbonyl (C=O) groups excluding carboxylic acids is 2. The molecule has 11 nitrogen and oxygen atoms in total. The van der Waals surface area contributed by atoms with Crippen LogP contribution in [0.5, 0.6) is 5.75 Å². The van der Waals surface area contributed by atoms with Crippen molar-refractivity contribution in [2.24, 2.45) is 5.92 Å². The first-order valence-corrected chi connectivity index (χ1v) is 19.0. The topological polar surface area (TPSA) is 138 Å². The van der Waals surface area contributed by atoms with Gasteiger partial charge in [0.1, 0.15) is 11.6 Å². The predicted octanol–water partition coefficient (Wildman–Crippen LogP) is 6.74. The molecule has 278 valence electrons. The van der Waals surface area contributed by atoms with E-state index in [9.17, 15) is 27.5 Å². The molecule has 0 saturated heterocycles. The number of aliphatic hydroxyl groups excluding tert-OH is 1. The lowest BCUT2D eigenvalue weighted by molar-refractivity contribution is -0.0115. The molecule has 3 N–H and O–H groups in total. The minimum Gasteiger partial charge on any atom is -0.490 e. The van der Waals surface area contributed by atoms with Crippen molar-refractivity contribution < 1.29 is 37.0 Å². The zero-order valence-corrected chi connectivity index (χ0v) is 30.7. The van der Waals surface area contributed by atoms with E-state index in [1.807, 2.05) is 56.3 Å². The fraction of sp³-hybridized carbons (Fsp3) is 0.385. The van der Waals surface area contributed by atoms with Gasteiger partial charge in [-0.15, -0.1) is 0 Å². The van der Waals surface area contributed by atoms with E-state index in [0.717, 1.165) is 47.9 Å². The van der Waals surface area contributed by atoms with Crippen LogP contribution in [0.25, 0.3) is 10.8 Å². The van der Waals surface area contributed by atoms with Gasteiger partial charge < -0.3 is 29.7 Å². The molecule has 1 aliphatic rings. The van der Waals surface area contributed by atoms with Gasteiger partial charge in [-0.05, 0) is 87.0 Å². The molecule has 0 unspecified atom stereocenters. The van der Waals surface area contributed by atoms with Gasteiger partial charge in [-0.2, -0.15) is 0 Å². The quantitative estimate of drug-likeness (QED) is 0.182. The summed E-state index contributed by atoms with van der Waals surface area (Å²) in [5.41, 5.74) is 0.913. The Morgan fingerprint density at radius 3 is 2.52 bits per heavy atom. The smallest absolute Gasteiger partial charge is 0.321 e. The summed E-state index contributed by atoms with van der Waals surface area (Å²) in [4.78, 5) is 30.8. The van der Waals surface area contributed by atoms with Gasteiger partial charge in [0.05, 0.1) is 41.0 Å². The van der Waals surface area contributed by atoms with Crippen molar-refractivity contribution in [2.45, 2.75) is 63.2 Å². The van der Waals surface area contributed by atoms with Crippen molar-refractivity contribution in [2.75, 3.05) is 43.4 Å². The van der Waals surface area contributed by atoms with Crippen LogP contribution in [-0.4, -0.2) is 86.9 Å². The minimum atomic E-state index is -4.11. The molecule has 0 fully saturated rings. The SMILES string of the molecule is C[C@H](CO)N1C[C@H](C)[C@@H](CN(C)C(=O)Nc2cccc3ccccc23)OCCCC[C@H](C)Oc2ccc(NS(=O)(=O)c3ccc(F)cc3)cc2C1=O. The number of likely N-dealkylation sites (N-methyl/N-ethyl adjacent to an activating group) is 1. The molecular weight excluding hydrogens is 688 g/mol. The Hall–Kier alpha value is -4.72. The second kappa shape index (κ2) is 17.2. The molecule has 3 amide bonds. The first kappa shape index (κ1) is 38.5. The van der Waals surface area contributed by atoms with Crippen molar-refractivity contribution >= 4 is 44.1 Å². The Morgan fingerprint density at radius 2 is 1.77 bits per heavy atom. The highest BCUT2D eigenvalue weighted by atomic mass is 32.2. The van der Waals surface area contributed by atoms with Gasteiger partial charge in [0, 0.05) is 43.7 Å². The van der Waals surface area contributed by atoms with Crippen LogP contribution in [0.15, 0.2) is 89.8 Å². The van der Waals surface area contributed by atoms with E-state index in [0.29, 0.717) is 18.7 Å². The van der Waals surface area contributed by atoms with E-state index < -0.39 is 33.9 Å². The number of benzene rings is 4. The standard InChI is InChI=1S/C39H47FN4O7S/c1-26-23-44(27(2)25-45)38(46)34-22-31(42-52(48,49)32-18-15-30(40)16-19-32)17-20-36(34)51-28(3)10-7-8-21-50-37(26)24-43(4)39(47)41-35-14-9-12-29-11-5-6-13-33(29)35/h5-6,9,11-20,22,26-28,37,42,45H,7-8,10,21,23-25H2,1-4H3,(H,41,47)/t26-,27+,28-,37+/m0/s1. The van der Waals surface area contributed by atoms with Crippen LogP contribution < -0.4 is 14.8 Å². The van der Waals surface area contributed by atoms with Gasteiger partial charge in [0.25, 0.3) is 15.9 Å². The zero-order chi connectivity index (χ0) is 37.4. The van der Waals surface area contributed by atoms with Crippen LogP contribution in [0, 0.1) is 11.7 Å². The highest BCUT2D eigenvalue weighted by molar-refractivity contribution is 7.92. The summed E-state index contributed by atoms with van der Waals surface area (Å²) < 4.78 is 54.9. The van der Waals surface area contributed by atoms with Crippen molar-refractivity contribution in [3.63, 3.8) is 0 Å².